The summed E-state index contributed by atoms with van der Waals surface area (Å²) in [5, 5.41) is 12.1. The van der Waals surface area contributed by atoms with E-state index in [0.717, 1.165) is 5.39 Å². The first-order valence-electron chi connectivity index (χ1n) is 6.85. The van der Waals surface area contributed by atoms with Crippen molar-refractivity contribution < 1.29 is 4.92 Å². The summed E-state index contributed by atoms with van der Waals surface area (Å²) in [7, 11) is 0. The smallest absolute Gasteiger partial charge is 0.293 e. The Kier molecular flexibility index (Phi) is 3.22. The molecule has 0 N–H and O–H groups in total. The van der Waals surface area contributed by atoms with Crippen LogP contribution in [0, 0.1) is 24.0 Å². The Hall–Kier alpha value is -2.62. The number of rotatable bonds is 3. The summed E-state index contributed by atoms with van der Waals surface area (Å²) in [4.78, 5) is 10.9. The first-order chi connectivity index (χ1) is 10.1. The monoisotopic (exact) mass is 280 g/mol. The molecule has 0 bridgehead atoms. The molecule has 4 heteroatoms. The first kappa shape index (κ1) is 13.4. The number of hydrogen-bond donors (Lipinski definition) is 0. The van der Waals surface area contributed by atoms with Gasteiger partial charge in [-0.15, -0.1) is 0 Å². The number of nitro benzene ring substituents is 1. The predicted molar refractivity (Wildman–Crippen MR) is 83.6 cm³/mol. The van der Waals surface area contributed by atoms with Gasteiger partial charge in [-0.2, -0.15) is 0 Å². The molecule has 1 heterocycles. The van der Waals surface area contributed by atoms with Crippen molar-refractivity contribution in [1.82, 2.24) is 4.57 Å². The summed E-state index contributed by atoms with van der Waals surface area (Å²) < 4.78 is 1.96. The molecule has 0 atom stereocenters. The largest absolute Gasteiger partial charge is 0.337 e. The van der Waals surface area contributed by atoms with Crippen molar-refractivity contribution >= 4 is 16.6 Å². The summed E-state index contributed by atoms with van der Waals surface area (Å²) in [5.74, 6) is 0. The van der Waals surface area contributed by atoms with Crippen molar-refractivity contribution in [3.63, 3.8) is 0 Å². The third-order valence-electron chi connectivity index (χ3n) is 3.94. The molecule has 106 valence electrons. The van der Waals surface area contributed by atoms with E-state index in [1.54, 1.807) is 12.1 Å². The summed E-state index contributed by atoms with van der Waals surface area (Å²) in [6.45, 7) is 4.79. The lowest BCUT2D eigenvalue weighted by molar-refractivity contribution is -0.383. The predicted octanol–water partition coefficient (Wildman–Crippen LogP) is 4.21. The zero-order chi connectivity index (χ0) is 15.0. The topological polar surface area (TPSA) is 48.1 Å². The van der Waals surface area contributed by atoms with E-state index in [0.29, 0.717) is 12.1 Å². The average Bonchev–Trinajstić information content (AvgIpc) is 2.86. The van der Waals surface area contributed by atoms with Gasteiger partial charge >= 0.3 is 0 Å². The second-order valence-corrected chi connectivity index (χ2v) is 5.29. The Morgan fingerprint density at radius 2 is 1.71 bits per heavy atom. The highest BCUT2D eigenvalue weighted by Gasteiger charge is 2.16. The van der Waals surface area contributed by atoms with Gasteiger partial charge in [0.25, 0.3) is 5.69 Å². The van der Waals surface area contributed by atoms with Crippen LogP contribution in [0.1, 0.15) is 16.7 Å². The van der Waals surface area contributed by atoms with E-state index >= 15 is 0 Å². The second kappa shape index (κ2) is 5.05. The van der Waals surface area contributed by atoms with E-state index in [-0.39, 0.29) is 10.6 Å². The Bertz CT molecular complexity index is 814. The van der Waals surface area contributed by atoms with E-state index in [2.05, 4.69) is 26.0 Å². The highest BCUT2D eigenvalue weighted by molar-refractivity contribution is 5.88. The number of fused-ring (bicyclic) bond motifs is 1. The number of para-hydroxylation sites is 1. The van der Waals surface area contributed by atoms with Crippen molar-refractivity contribution in [1.29, 1.82) is 0 Å². The number of aryl methyl sites for hydroxylation is 2. The molecule has 0 aliphatic carbocycles. The number of benzene rings is 2. The van der Waals surface area contributed by atoms with Crippen LogP contribution in [0.15, 0.2) is 48.7 Å². The van der Waals surface area contributed by atoms with Gasteiger partial charge in [0.2, 0.25) is 0 Å². The Morgan fingerprint density at radius 1 is 1.05 bits per heavy atom. The van der Waals surface area contributed by atoms with E-state index in [1.165, 1.54) is 16.7 Å². The molecule has 0 radical (unpaired) electrons. The SMILES string of the molecule is Cc1cccc(C)c1Cn1ccc2cccc([N+](=O)[O-])c21. The van der Waals surface area contributed by atoms with Gasteiger partial charge in [-0.1, -0.05) is 30.3 Å². The van der Waals surface area contributed by atoms with Crippen molar-refractivity contribution in [2.24, 2.45) is 0 Å². The molecule has 0 saturated carbocycles. The Balaban J connectivity index is 2.16. The standard InChI is InChI=1S/C17H16N2O2/c1-12-5-3-6-13(2)15(12)11-18-10-9-14-7-4-8-16(17(14)18)19(20)21/h3-10H,11H2,1-2H3. The molecular formula is C17H16N2O2. The number of nitrogens with zero attached hydrogens (tertiary/aromatic N) is 2. The lowest BCUT2D eigenvalue weighted by atomic mass is 10.0. The van der Waals surface area contributed by atoms with Crippen LogP contribution in [0.3, 0.4) is 0 Å². The minimum absolute atomic E-state index is 0.156. The van der Waals surface area contributed by atoms with E-state index < -0.39 is 0 Å². The molecule has 3 rings (SSSR count). The average molecular weight is 280 g/mol. The Morgan fingerprint density at radius 3 is 2.38 bits per heavy atom. The molecule has 0 amide bonds. The molecule has 2 aromatic carbocycles. The molecule has 0 aliphatic heterocycles. The first-order valence-corrected chi connectivity index (χ1v) is 6.85. The van der Waals surface area contributed by atoms with Gasteiger partial charge in [-0.25, -0.2) is 0 Å². The minimum atomic E-state index is -0.316. The number of hydrogen-bond acceptors (Lipinski definition) is 2. The maximum Gasteiger partial charge on any atom is 0.293 e. The van der Waals surface area contributed by atoms with Gasteiger partial charge in [-0.3, -0.25) is 10.1 Å². The molecule has 21 heavy (non-hydrogen) atoms. The quantitative estimate of drug-likeness (QED) is 0.533. The van der Waals surface area contributed by atoms with Crippen LogP contribution in [0.4, 0.5) is 5.69 Å². The molecule has 1 aromatic heterocycles. The zero-order valence-electron chi connectivity index (χ0n) is 12.0. The van der Waals surface area contributed by atoms with Gasteiger partial charge in [-0.05, 0) is 36.6 Å². The summed E-state index contributed by atoms with van der Waals surface area (Å²) >= 11 is 0. The van der Waals surface area contributed by atoms with E-state index in [9.17, 15) is 10.1 Å². The molecule has 0 fully saturated rings. The van der Waals surface area contributed by atoms with Crippen molar-refractivity contribution in [2.45, 2.75) is 20.4 Å². The normalized spacial score (nSPS) is 11.0. The van der Waals surface area contributed by atoms with Crippen LogP contribution in [0.2, 0.25) is 0 Å². The highest BCUT2D eigenvalue weighted by atomic mass is 16.6. The van der Waals surface area contributed by atoms with Crippen molar-refractivity contribution in [3.8, 4) is 0 Å². The van der Waals surface area contributed by atoms with E-state index in [4.69, 9.17) is 0 Å². The van der Waals surface area contributed by atoms with Crippen LogP contribution < -0.4 is 0 Å². The third kappa shape index (κ3) is 2.29. The minimum Gasteiger partial charge on any atom is -0.337 e. The second-order valence-electron chi connectivity index (χ2n) is 5.29. The van der Waals surface area contributed by atoms with E-state index in [1.807, 2.05) is 29.0 Å². The molecule has 3 aromatic rings. The van der Waals surface area contributed by atoms with Crippen molar-refractivity contribution in [3.05, 3.63) is 75.5 Å². The summed E-state index contributed by atoms with van der Waals surface area (Å²) in [6, 6.07) is 13.3. The Labute approximate surface area is 122 Å². The van der Waals surface area contributed by atoms with Crippen LogP contribution >= 0.6 is 0 Å². The fraction of sp³-hybridized carbons (Fsp3) is 0.176. The maximum atomic E-state index is 11.2. The van der Waals surface area contributed by atoms with Crippen LogP contribution in [0.5, 0.6) is 0 Å². The van der Waals surface area contributed by atoms with Crippen LogP contribution in [-0.4, -0.2) is 9.49 Å². The molecule has 0 spiro atoms. The zero-order valence-corrected chi connectivity index (χ0v) is 12.0. The third-order valence-corrected chi connectivity index (χ3v) is 3.94. The molecule has 0 unspecified atom stereocenters. The van der Waals surface area contributed by atoms with Gasteiger partial charge in [0.1, 0.15) is 5.52 Å². The molecule has 0 saturated heterocycles. The number of nitro groups is 1. The van der Waals surface area contributed by atoms with Gasteiger partial charge in [0, 0.05) is 24.2 Å². The summed E-state index contributed by atoms with van der Waals surface area (Å²) in [6.07, 6.45) is 1.92. The van der Waals surface area contributed by atoms with Gasteiger partial charge in [0.05, 0.1) is 4.92 Å². The van der Waals surface area contributed by atoms with Gasteiger partial charge < -0.3 is 4.57 Å². The molecule has 4 nitrogen and oxygen atoms in total. The van der Waals surface area contributed by atoms with Crippen molar-refractivity contribution in [2.75, 3.05) is 0 Å². The lowest BCUT2D eigenvalue weighted by Gasteiger charge is -2.12. The lowest BCUT2D eigenvalue weighted by Crippen LogP contribution is -2.03. The molecular weight excluding hydrogens is 264 g/mol. The highest BCUT2D eigenvalue weighted by Crippen LogP contribution is 2.28. The fourth-order valence-electron chi connectivity index (χ4n) is 2.79. The van der Waals surface area contributed by atoms with Gasteiger partial charge in [0.15, 0.2) is 0 Å². The van der Waals surface area contributed by atoms with Crippen LogP contribution in [-0.2, 0) is 6.54 Å². The maximum absolute atomic E-state index is 11.2. The number of aromatic nitrogens is 1. The van der Waals surface area contributed by atoms with Crippen LogP contribution in [0.25, 0.3) is 10.9 Å². The fourth-order valence-corrected chi connectivity index (χ4v) is 2.79. The number of non-ortho nitro benzene ring substituents is 1. The molecule has 0 aliphatic rings. The summed E-state index contributed by atoms with van der Waals surface area (Å²) in [5.41, 5.74) is 4.47.